The Hall–Kier alpha value is -0.990. The quantitative estimate of drug-likeness (QED) is 0.744. The topological polar surface area (TPSA) is 32.3 Å². The van der Waals surface area contributed by atoms with Gasteiger partial charge in [0.25, 0.3) is 0 Å². The lowest BCUT2D eigenvalue weighted by atomic mass is 10.2. The van der Waals surface area contributed by atoms with Crippen molar-refractivity contribution in [3.8, 4) is 0 Å². The number of nitrogens with zero attached hydrogens (tertiary/aromatic N) is 1. The number of anilines is 1. The van der Waals surface area contributed by atoms with E-state index < -0.39 is 22.9 Å². The Morgan fingerprint density at radius 2 is 2.00 bits per heavy atom. The number of likely N-dealkylation sites (tertiary alicyclic amines) is 1. The predicted octanol–water partition coefficient (Wildman–Crippen LogP) is 4.80. The van der Waals surface area contributed by atoms with Gasteiger partial charge in [0.1, 0.15) is 4.32 Å². The molecule has 1 aliphatic rings. The number of hydrogen-bond donors (Lipinski definition) is 1. The summed E-state index contributed by atoms with van der Waals surface area (Å²) < 4.78 is 38.9. The third kappa shape index (κ3) is 5.00. The third-order valence-corrected chi connectivity index (χ3v) is 5.47. The summed E-state index contributed by atoms with van der Waals surface area (Å²) in [6.07, 6.45) is -2.36. The van der Waals surface area contributed by atoms with Gasteiger partial charge in [-0.15, -0.1) is 0 Å². The zero-order chi connectivity index (χ0) is 17.9. The van der Waals surface area contributed by atoms with Crippen molar-refractivity contribution in [3.05, 3.63) is 28.8 Å². The number of hydrogen-bond acceptors (Lipinski definition) is 3. The molecule has 2 rings (SSSR count). The Morgan fingerprint density at radius 3 is 2.58 bits per heavy atom. The van der Waals surface area contributed by atoms with Gasteiger partial charge in [0.15, 0.2) is 0 Å². The van der Waals surface area contributed by atoms with Crippen LogP contribution in [0.4, 0.5) is 18.9 Å². The van der Waals surface area contributed by atoms with Crippen LogP contribution in [0.15, 0.2) is 18.2 Å². The first-order valence-corrected chi connectivity index (χ1v) is 8.98. The molecule has 0 bridgehead atoms. The largest absolute Gasteiger partial charge is 0.416 e. The van der Waals surface area contributed by atoms with Crippen molar-refractivity contribution in [1.29, 1.82) is 0 Å². The molecule has 0 aromatic heterocycles. The van der Waals surface area contributed by atoms with Crippen molar-refractivity contribution in [2.24, 2.45) is 0 Å². The number of amides is 1. The monoisotopic (exact) mass is 396 g/mol. The van der Waals surface area contributed by atoms with E-state index in [1.165, 1.54) is 11.8 Å². The van der Waals surface area contributed by atoms with E-state index in [9.17, 15) is 18.0 Å². The lowest BCUT2D eigenvalue weighted by Crippen LogP contribution is -2.29. The standard InChI is InChI=1S/C15H16ClF3N2OS2/c1-9(24-14(23)21-6-2-3-7-21)13(22)20-12-8-10(15(17,18)19)4-5-11(12)16/h4-5,8-9H,2-3,6-7H2,1H3,(H,20,22)/t9-/m0/s1. The van der Waals surface area contributed by atoms with Crippen molar-refractivity contribution in [1.82, 2.24) is 4.90 Å². The van der Waals surface area contributed by atoms with E-state index >= 15 is 0 Å². The Bertz CT molecular complexity index is 634. The maximum Gasteiger partial charge on any atom is 0.416 e. The Labute approximate surface area is 152 Å². The van der Waals surface area contributed by atoms with Crippen LogP contribution >= 0.6 is 35.6 Å². The Morgan fingerprint density at radius 1 is 1.38 bits per heavy atom. The van der Waals surface area contributed by atoms with E-state index in [1.54, 1.807) is 6.92 Å². The van der Waals surface area contributed by atoms with Crippen LogP contribution in [0.2, 0.25) is 5.02 Å². The van der Waals surface area contributed by atoms with Crippen molar-refractivity contribution in [3.63, 3.8) is 0 Å². The van der Waals surface area contributed by atoms with Crippen LogP contribution in [0.3, 0.4) is 0 Å². The van der Waals surface area contributed by atoms with Crippen molar-refractivity contribution >= 4 is 51.5 Å². The molecule has 3 nitrogen and oxygen atoms in total. The van der Waals surface area contributed by atoms with Gasteiger partial charge in [-0.25, -0.2) is 0 Å². The van der Waals surface area contributed by atoms with E-state index in [2.05, 4.69) is 5.32 Å². The number of alkyl halides is 3. The molecule has 1 heterocycles. The molecule has 1 amide bonds. The number of carbonyl (C=O) groups is 1. The fourth-order valence-corrected chi connectivity index (χ4v) is 3.79. The number of carbonyl (C=O) groups excluding carboxylic acids is 1. The van der Waals surface area contributed by atoms with Crippen LogP contribution in [-0.2, 0) is 11.0 Å². The van der Waals surface area contributed by atoms with Crippen LogP contribution in [0.5, 0.6) is 0 Å². The maximum absolute atomic E-state index is 12.8. The number of benzene rings is 1. The van der Waals surface area contributed by atoms with Crippen LogP contribution < -0.4 is 5.32 Å². The van der Waals surface area contributed by atoms with Gasteiger partial charge in [-0.3, -0.25) is 4.79 Å². The van der Waals surface area contributed by atoms with Crippen molar-refractivity contribution < 1.29 is 18.0 Å². The second-order valence-electron chi connectivity index (χ2n) is 5.40. The average Bonchev–Trinajstić information content (AvgIpc) is 3.02. The summed E-state index contributed by atoms with van der Waals surface area (Å²) in [5.74, 6) is -0.442. The minimum absolute atomic E-state index is 0.0515. The number of nitrogens with one attached hydrogen (secondary N) is 1. The number of rotatable bonds is 3. The smallest absolute Gasteiger partial charge is 0.358 e. The average molecular weight is 397 g/mol. The minimum atomic E-state index is -4.50. The first kappa shape index (κ1) is 19.3. The fourth-order valence-electron chi connectivity index (χ4n) is 2.21. The lowest BCUT2D eigenvalue weighted by molar-refractivity contribution is -0.137. The molecule has 0 radical (unpaired) electrons. The molecule has 0 unspecified atom stereocenters. The summed E-state index contributed by atoms with van der Waals surface area (Å²) in [4.78, 5) is 14.3. The van der Waals surface area contributed by atoms with Gasteiger partial charge in [-0.2, -0.15) is 13.2 Å². The van der Waals surface area contributed by atoms with Gasteiger partial charge < -0.3 is 10.2 Å². The van der Waals surface area contributed by atoms with E-state index in [-0.39, 0.29) is 10.7 Å². The lowest BCUT2D eigenvalue weighted by Gasteiger charge is -2.20. The zero-order valence-electron chi connectivity index (χ0n) is 12.8. The molecule has 1 aromatic rings. The molecular formula is C15H16ClF3N2OS2. The molecule has 1 aliphatic heterocycles. The van der Waals surface area contributed by atoms with Gasteiger partial charge in [0.2, 0.25) is 5.91 Å². The normalized spacial score (nSPS) is 16.1. The van der Waals surface area contributed by atoms with E-state index in [0.717, 1.165) is 44.1 Å². The highest BCUT2D eigenvalue weighted by molar-refractivity contribution is 8.23. The summed E-state index contributed by atoms with van der Waals surface area (Å²) in [6.45, 7) is 3.41. The molecule has 1 atom stereocenters. The van der Waals surface area contributed by atoms with E-state index in [4.69, 9.17) is 23.8 Å². The number of halogens is 4. The highest BCUT2D eigenvalue weighted by atomic mass is 35.5. The highest BCUT2D eigenvalue weighted by Gasteiger charge is 2.31. The summed E-state index contributed by atoms with van der Waals surface area (Å²) in [7, 11) is 0. The van der Waals surface area contributed by atoms with Crippen molar-refractivity contribution in [2.45, 2.75) is 31.2 Å². The second kappa shape index (κ2) is 7.93. The maximum atomic E-state index is 12.8. The molecule has 24 heavy (non-hydrogen) atoms. The van der Waals surface area contributed by atoms with Crippen LogP contribution in [0, 0.1) is 0 Å². The van der Waals surface area contributed by atoms with Crippen LogP contribution in [-0.4, -0.2) is 33.5 Å². The van der Waals surface area contributed by atoms with Gasteiger partial charge >= 0.3 is 6.18 Å². The van der Waals surface area contributed by atoms with E-state index in [0.29, 0.717) is 4.32 Å². The molecule has 1 N–H and O–H groups in total. The predicted molar refractivity (Wildman–Crippen MR) is 95.5 cm³/mol. The molecule has 132 valence electrons. The molecule has 1 saturated heterocycles. The highest BCUT2D eigenvalue weighted by Crippen LogP contribution is 2.34. The molecule has 1 fully saturated rings. The zero-order valence-corrected chi connectivity index (χ0v) is 15.2. The van der Waals surface area contributed by atoms with Gasteiger partial charge in [-0.05, 0) is 38.0 Å². The van der Waals surface area contributed by atoms with Gasteiger partial charge in [0, 0.05) is 13.1 Å². The minimum Gasteiger partial charge on any atom is -0.358 e. The fraction of sp³-hybridized carbons (Fsp3) is 0.467. The Kier molecular flexibility index (Phi) is 6.39. The first-order chi connectivity index (χ1) is 11.2. The third-order valence-electron chi connectivity index (χ3n) is 3.56. The second-order valence-corrected chi connectivity index (χ2v) is 7.78. The van der Waals surface area contributed by atoms with Gasteiger partial charge in [-0.1, -0.05) is 35.6 Å². The summed E-state index contributed by atoms with van der Waals surface area (Å²) in [6, 6.07) is 2.82. The molecule has 0 saturated carbocycles. The summed E-state index contributed by atoms with van der Waals surface area (Å²) in [5, 5.41) is 1.96. The molecule has 0 aliphatic carbocycles. The van der Waals surface area contributed by atoms with E-state index in [1.807, 2.05) is 4.90 Å². The molecule has 9 heteroatoms. The summed E-state index contributed by atoms with van der Waals surface area (Å²) in [5.41, 5.74) is -0.925. The number of thiocarbonyl (C=S) groups is 1. The van der Waals surface area contributed by atoms with Gasteiger partial charge in [0.05, 0.1) is 21.5 Å². The van der Waals surface area contributed by atoms with Crippen LogP contribution in [0.25, 0.3) is 0 Å². The van der Waals surface area contributed by atoms with Crippen molar-refractivity contribution in [2.75, 3.05) is 18.4 Å². The Balaban J connectivity index is 2.01. The summed E-state index contributed by atoms with van der Waals surface area (Å²) >= 11 is 12.4. The number of thioether (sulfide) groups is 1. The van der Waals surface area contributed by atoms with Crippen LogP contribution in [0.1, 0.15) is 25.3 Å². The first-order valence-electron chi connectivity index (χ1n) is 7.31. The molecule has 1 aromatic carbocycles. The molecular weight excluding hydrogens is 381 g/mol. The SMILES string of the molecule is C[C@H](SC(=S)N1CCCC1)C(=O)Nc1cc(C(F)(F)F)ccc1Cl. The molecule has 0 spiro atoms.